The number of Topliss-reactive ketones (excluding diaryl/α,β-unsaturated/α-hetero) is 1. The number of carbonyl (C=O) groups excluding carboxylic acids is 1. The zero-order valence-corrected chi connectivity index (χ0v) is 18.2. The third-order valence-electron chi connectivity index (χ3n) is 5.35. The molecule has 32 heavy (non-hydrogen) atoms. The number of nitrogens with zero attached hydrogens (tertiary/aromatic N) is 3. The number of rotatable bonds is 10. The lowest BCUT2D eigenvalue weighted by atomic mass is 10.1. The van der Waals surface area contributed by atoms with Crippen LogP contribution in [0.15, 0.2) is 51.8 Å². The van der Waals surface area contributed by atoms with Gasteiger partial charge in [-0.2, -0.15) is 0 Å². The van der Waals surface area contributed by atoms with E-state index < -0.39 is 0 Å². The van der Waals surface area contributed by atoms with E-state index >= 15 is 0 Å². The second-order valence-electron chi connectivity index (χ2n) is 7.73. The second kappa shape index (κ2) is 9.74. The van der Waals surface area contributed by atoms with Crippen molar-refractivity contribution in [3.05, 3.63) is 60.4 Å². The number of oxazole rings is 2. The van der Waals surface area contributed by atoms with Gasteiger partial charge in [0.1, 0.15) is 12.0 Å². The summed E-state index contributed by atoms with van der Waals surface area (Å²) in [6.07, 6.45) is 8.17. The van der Waals surface area contributed by atoms with Crippen LogP contribution < -0.4 is 10.5 Å². The minimum Gasteiger partial charge on any atom is -0.496 e. The first-order chi connectivity index (χ1) is 15.5. The van der Waals surface area contributed by atoms with Crippen molar-refractivity contribution in [1.29, 1.82) is 0 Å². The van der Waals surface area contributed by atoms with Gasteiger partial charge in [-0.15, -0.1) is 0 Å². The summed E-state index contributed by atoms with van der Waals surface area (Å²) in [6.45, 7) is 1.96. The number of benzene rings is 1. The number of ether oxygens (including phenoxy) is 1. The van der Waals surface area contributed by atoms with E-state index in [0.717, 1.165) is 41.4 Å². The van der Waals surface area contributed by atoms with Crippen LogP contribution in [0, 0.1) is 6.92 Å². The summed E-state index contributed by atoms with van der Waals surface area (Å²) in [5.41, 5.74) is 8.91. The molecule has 0 saturated carbocycles. The Morgan fingerprint density at radius 1 is 1.19 bits per heavy atom. The highest BCUT2D eigenvalue weighted by Gasteiger charge is 2.17. The smallest absolute Gasteiger partial charge is 0.263 e. The Balaban J connectivity index is 1.36. The van der Waals surface area contributed by atoms with Crippen molar-refractivity contribution in [2.75, 3.05) is 7.11 Å². The fourth-order valence-corrected chi connectivity index (χ4v) is 3.62. The number of aromatic nitrogens is 3. The minimum atomic E-state index is -0.318. The predicted octanol–water partition coefficient (Wildman–Crippen LogP) is 5.03. The van der Waals surface area contributed by atoms with E-state index in [1.165, 1.54) is 12.5 Å². The molecule has 0 aliphatic carbocycles. The van der Waals surface area contributed by atoms with E-state index in [1.807, 2.05) is 31.2 Å². The first kappa shape index (κ1) is 21.7. The molecule has 0 saturated heterocycles. The fraction of sp³-hybridized carbons (Fsp3) is 0.333. The highest BCUT2D eigenvalue weighted by Crippen LogP contribution is 2.35. The van der Waals surface area contributed by atoms with Crippen molar-refractivity contribution < 1.29 is 18.4 Å². The number of pyridine rings is 1. The summed E-state index contributed by atoms with van der Waals surface area (Å²) in [6, 6.07) is 7.57. The van der Waals surface area contributed by atoms with Crippen molar-refractivity contribution in [3.63, 3.8) is 0 Å². The average molecular weight is 434 g/mol. The molecule has 4 aromatic rings. The molecule has 0 aliphatic heterocycles. The van der Waals surface area contributed by atoms with Gasteiger partial charge in [-0.25, -0.2) is 9.97 Å². The Hall–Kier alpha value is -3.52. The summed E-state index contributed by atoms with van der Waals surface area (Å²) >= 11 is 0. The number of aryl methyl sites for hydroxylation is 1. The average Bonchev–Trinajstić information content (AvgIpc) is 3.50. The lowest BCUT2D eigenvalue weighted by Gasteiger charge is -2.09. The zero-order chi connectivity index (χ0) is 22.5. The van der Waals surface area contributed by atoms with Crippen LogP contribution in [0.3, 0.4) is 0 Å². The van der Waals surface area contributed by atoms with Gasteiger partial charge in [0.2, 0.25) is 11.7 Å². The molecule has 0 amide bonds. The number of ketones is 1. The lowest BCUT2D eigenvalue weighted by molar-refractivity contribution is 0.0945. The van der Waals surface area contributed by atoms with Gasteiger partial charge in [-0.3, -0.25) is 9.78 Å². The molecule has 0 aliphatic rings. The quantitative estimate of drug-likeness (QED) is 0.273. The molecule has 1 aromatic carbocycles. The van der Waals surface area contributed by atoms with E-state index in [0.29, 0.717) is 30.2 Å². The third kappa shape index (κ3) is 4.86. The number of carbonyl (C=O) groups is 1. The second-order valence-corrected chi connectivity index (χ2v) is 7.73. The summed E-state index contributed by atoms with van der Waals surface area (Å²) in [5.74, 6) is 1.85. The van der Waals surface area contributed by atoms with Gasteiger partial charge in [-0.1, -0.05) is 18.9 Å². The molecule has 0 fully saturated rings. The van der Waals surface area contributed by atoms with Gasteiger partial charge in [0.05, 0.1) is 36.6 Å². The van der Waals surface area contributed by atoms with Gasteiger partial charge in [0.15, 0.2) is 5.76 Å². The van der Waals surface area contributed by atoms with Crippen LogP contribution in [0.1, 0.15) is 60.4 Å². The molecule has 3 heterocycles. The van der Waals surface area contributed by atoms with Gasteiger partial charge >= 0.3 is 0 Å². The Morgan fingerprint density at radius 3 is 2.84 bits per heavy atom. The largest absolute Gasteiger partial charge is 0.496 e. The molecule has 8 heteroatoms. The highest BCUT2D eigenvalue weighted by molar-refractivity contribution is 5.91. The Morgan fingerprint density at radius 2 is 2.06 bits per heavy atom. The maximum Gasteiger partial charge on any atom is 0.263 e. The molecule has 8 nitrogen and oxygen atoms in total. The van der Waals surface area contributed by atoms with E-state index in [1.54, 1.807) is 13.3 Å². The van der Waals surface area contributed by atoms with Gasteiger partial charge in [0, 0.05) is 23.6 Å². The van der Waals surface area contributed by atoms with Crippen LogP contribution in [0.5, 0.6) is 5.75 Å². The molecule has 0 unspecified atom stereocenters. The molecule has 1 atom stereocenters. The van der Waals surface area contributed by atoms with Crippen LogP contribution in [0.4, 0.5) is 0 Å². The van der Waals surface area contributed by atoms with Crippen molar-refractivity contribution in [2.45, 2.75) is 45.1 Å². The van der Waals surface area contributed by atoms with Gasteiger partial charge in [0.25, 0.3) is 5.89 Å². The maximum atomic E-state index is 11.9. The summed E-state index contributed by atoms with van der Waals surface area (Å²) in [7, 11) is 1.62. The monoisotopic (exact) mass is 434 g/mol. The van der Waals surface area contributed by atoms with Crippen molar-refractivity contribution in [1.82, 2.24) is 15.0 Å². The maximum absolute atomic E-state index is 11.9. The summed E-state index contributed by atoms with van der Waals surface area (Å²) in [4.78, 5) is 24.7. The molecule has 0 spiro atoms. The Labute approximate surface area is 185 Å². The number of methoxy groups -OCH3 is 1. The van der Waals surface area contributed by atoms with E-state index in [-0.39, 0.29) is 17.7 Å². The number of unbranched alkanes of at least 4 members (excludes halogenated alkanes) is 2. The summed E-state index contributed by atoms with van der Waals surface area (Å²) in [5, 5.41) is 0.993. The normalized spacial score (nSPS) is 12.2. The molecular formula is C24H26N4O4. The highest BCUT2D eigenvalue weighted by atomic mass is 16.5. The molecule has 2 N–H and O–H groups in total. The standard InChI is InChI=1S/C24H26N4O4/c1-15-8-9-16-12-17(21(30-2)13-19(16)28-15)22-14-27-23(32-22)18(25)6-4-3-5-7-20(29)24-26-10-11-31-24/h8-14,18H,3-7,25H2,1-2H3/t18-/m0/s1. The van der Waals surface area contributed by atoms with Gasteiger partial charge in [-0.05, 0) is 31.9 Å². The minimum absolute atomic E-state index is 0.0775. The van der Waals surface area contributed by atoms with Crippen molar-refractivity contribution in [3.8, 4) is 17.1 Å². The zero-order valence-electron chi connectivity index (χ0n) is 18.2. The van der Waals surface area contributed by atoms with Crippen LogP contribution in [-0.4, -0.2) is 27.8 Å². The van der Waals surface area contributed by atoms with E-state index in [2.05, 4.69) is 15.0 Å². The van der Waals surface area contributed by atoms with Crippen molar-refractivity contribution in [2.24, 2.45) is 5.73 Å². The third-order valence-corrected chi connectivity index (χ3v) is 5.35. The molecule has 3 aromatic heterocycles. The fourth-order valence-electron chi connectivity index (χ4n) is 3.62. The Bertz CT molecular complexity index is 1200. The Kier molecular flexibility index (Phi) is 6.61. The first-order valence-electron chi connectivity index (χ1n) is 10.6. The lowest BCUT2D eigenvalue weighted by Crippen LogP contribution is -2.10. The number of hydrogen-bond acceptors (Lipinski definition) is 8. The predicted molar refractivity (Wildman–Crippen MR) is 119 cm³/mol. The van der Waals surface area contributed by atoms with Crippen LogP contribution in [0.2, 0.25) is 0 Å². The number of hydrogen-bond donors (Lipinski definition) is 1. The van der Waals surface area contributed by atoms with Crippen LogP contribution in [-0.2, 0) is 0 Å². The van der Waals surface area contributed by atoms with Crippen LogP contribution >= 0.6 is 0 Å². The first-order valence-corrected chi connectivity index (χ1v) is 10.6. The number of fused-ring (bicyclic) bond motifs is 1. The van der Waals surface area contributed by atoms with Crippen molar-refractivity contribution >= 4 is 16.7 Å². The molecule has 0 bridgehead atoms. The summed E-state index contributed by atoms with van der Waals surface area (Å²) < 4.78 is 16.6. The van der Waals surface area contributed by atoms with Crippen LogP contribution in [0.25, 0.3) is 22.2 Å². The molecule has 0 radical (unpaired) electrons. The number of nitrogens with two attached hydrogens (primary N) is 1. The van der Waals surface area contributed by atoms with E-state index in [4.69, 9.17) is 19.3 Å². The SMILES string of the molecule is COc1cc2nc(C)ccc2cc1-c1cnc([C@@H](N)CCCCCC(=O)c2ncco2)o1. The van der Waals surface area contributed by atoms with E-state index in [9.17, 15) is 4.79 Å². The topological polar surface area (TPSA) is 117 Å². The molecule has 166 valence electrons. The van der Waals surface area contributed by atoms with Gasteiger partial charge < -0.3 is 19.3 Å². The molecular weight excluding hydrogens is 408 g/mol. The molecule has 4 rings (SSSR count).